The third kappa shape index (κ3) is 6.91. The first kappa shape index (κ1) is 46.9. The largest absolute Gasteiger partial charge is 0.510 e. The van der Waals surface area contributed by atoms with Crippen LogP contribution < -0.4 is 9.30 Å². The van der Waals surface area contributed by atoms with Crippen molar-refractivity contribution < 1.29 is 30.4 Å². The van der Waals surface area contributed by atoms with Crippen molar-refractivity contribution in [2.75, 3.05) is 0 Å². The first-order valence-corrected chi connectivity index (χ1v) is 24.8. The molecular formula is C64H61N5OPt-2. The van der Waals surface area contributed by atoms with Gasteiger partial charge in [0.15, 0.2) is 0 Å². The number of hydrogen-bond acceptors (Lipinski definition) is 2. The molecule has 1 aliphatic heterocycles. The maximum absolute atomic E-state index is 6.99. The minimum atomic E-state index is -0.700. The van der Waals surface area contributed by atoms with E-state index in [1.165, 1.54) is 55.6 Å². The number of hydrogen-bond donors (Lipinski definition) is 0. The predicted octanol–water partition coefficient (Wildman–Crippen LogP) is 14.8. The Bertz CT molecular complexity index is 3720. The molecule has 0 amide bonds. The first-order chi connectivity index (χ1) is 33.2. The molecule has 0 bridgehead atoms. The second kappa shape index (κ2) is 15.8. The van der Waals surface area contributed by atoms with E-state index < -0.39 is 5.41 Å². The average molecular weight is 1110 g/mol. The molecule has 71 heavy (non-hydrogen) atoms. The zero-order valence-corrected chi connectivity index (χ0v) is 45.4. The molecule has 0 fully saturated rings. The Balaban J connectivity index is 0.00000547. The number of nitrogens with zero attached hydrogens (tertiary/aromatic N) is 5. The van der Waals surface area contributed by atoms with Gasteiger partial charge in [0, 0.05) is 61.6 Å². The van der Waals surface area contributed by atoms with Crippen LogP contribution >= 0.6 is 0 Å². The molecular weight excluding hydrogens is 1050 g/mol. The smallest absolute Gasteiger partial charge is 0.242 e. The van der Waals surface area contributed by atoms with E-state index in [-0.39, 0.29) is 42.7 Å². The molecule has 6 nitrogen and oxygen atoms in total. The molecule has 4 heterocycles. The second-order valence-corrected chi connectivity index (χ2v) is 23.9. The number of imidazole rings is 2. The fourth-order valence-electron chi connectivity index (χ4n) is 11.6. The monoisotopic (exact) mass is 1110 g/mol. The Morgan fingerprint density at radius 2 is 1.20 bits per heavy atom. The summed E-state index contributed by atoms with van der Waals surface area (Å²) in [5, 5.41) is 2.19. The van der Waals surface area contributed by atoms with Gasteiger partial charge in [-0.05, 0) is 95.3 Å². The average Bonchev–Trinajstić information content (AvgIpc) is 4.08. The van der Waals surface area contributed by atoms with Gasteiger partial charge in [0.2, 0.25) is 12.3 Å². The second-order valence-electron chi connectivity index (χ2n) is 23.9. The van der Waals surface area contributed by atoms with E-state index in [1.807, 2.05) is 24.5 Å². The van der Waals surface area contributed by atoms with Crippen molar-refractivity contribution in [2.45, 2.75) is 110 Å². The van der Waals surface area contributed by atoms with Gasteiger partial charge in [0.1, 0.15) is 0 Å². The van der Waals surface area contributed by atoms with Crippen LogP contribution in [0.1, 0.15) is 128 Å². The molecule has 2 aliphatic rings. The number of aryl methyl sites for hydroxylation is 1. The van der Waals surface area contributed by atoms with Crippen LogP contribution in [0.25, 0.3) is 61.3 Å². The summed E-state index contributed by atoms with van der Waals surface area (Å²) in [6.07, 6.45) is 7.62. The van der Waals surface area contributed by atoms with Gasteiger partial charge in [-0.1, -0.05) is 173 Å². The van der Waals surface area contributed by atoms with Gasteiger partial charge >= 0.3 is 0 Å². The number of para-hydroxylation sites is 3. The van der Waals surface area contributed by atoms with E-state index in [2.05, 4.69) is 236 Å². The van der Waals surface area contributed by atoms with Gasteiger partial charge in [0.05, 0.1) is 18.1 Å². The number of aromatic nitrogens is 5. The van der Waals surface area contributed by atoms with Gasteiger partial charge in [-0.2, -0.15) is 12.1 Å². The first-order valence-electron chi connectivity index (χ1n) is 24.8. The van der Waals surface area contributed by atoms with Crippen LogP contribution in [-0.4, -0.2) is 18.7 Å². The van der Waals surface area contributed by atoms with Crippen molar-refractivity contribution in [3.8, 4) is 39.9 Å². The van der Waals surface area contributed by atoms with E-state index in [4.69, 9.17) is 9.72 Å². The van der Waals surface area contributed by atoms with Crippen LogP contribution in [0, 0.1) is 18.5 Å². The van der Waals surface area contributed by atoms with E-state index in [9.17, 15) is 0 Å². The third-order valence-electron chi connectivity index (χ3n) is 15.1. The SMILES string of the molecule is C[n+]1[c-]n2c3c(cccc31)C1(c3ccc(Oc4[c-]c5c(cc4)c4ccccc4n5-c4nccn4-c4ccccc4)[c-]c3-2)c2c(cc(C(C)(C)C)cc2C(C)(C)C)-c2cc(C(C)(C)C)cc(C(C)(C)C)c21.[Pt]. The summed E-state index contributed by atoms with van der Waals surface area (Å²) in [7, 11) is 2.11. The summed E-state index contributed by atoms with van der Waals surface area (Å²) < 4.78 is 15.7. The van der Waals surface area contributed by atoms with Crippen molar-refractivity contribution in [2.24, 2.45) is 7.05 Å². The minimum absolute atomic E-state index is 0. The molecule has 3 aromatic heterocycles. The van der Waals surface area contributed by atoms with Gasteiger partial charge in [-0.25, -0.2) is 4.98 Å². The number of ether oxygens (including phenoxy) is 1. The molecule has 0 radical (unpaired) electrons. The third-order valence-corrected chi connectivity index (χ3v) is 15.1. The number of fused-ring (bicyclic) bond motifs is 12. The molecule has 360 valence electrons. The molecule has 1 aliphatic carbocycles. The Morgan fingerprint density at radius 3 is 1.83 bits per heavy atom. The normalized spacial score (nSPS) is 14.0. The van der Waals surface area contributed by atoms with Crippen molar-refractivity contribution in [1.29, 1.82) is 0 Å². The van der Waals surface area contributed by atoms with Crippen molar-refractivity contribution in [1.82, 2.24) is 18.7 Å². The van der Waals surface area contributed by atoms with E-state index in [0.717, 1.165) is 50.2 Å². The molecule has 0 unspecified atom stereocenters. The molecule has 0 saturated heterocycles. The van der Waals surface area contributed by atoms with Crippen molar-refractivity contribution in [3.05, 3.63) is 197 Å². The quantitative estimate of drug-likeness (QED) is 0.130. The zero-order valence-electron chi connectivity index (χ0n) is 43.2. The van der Waals surface area contributed by atoms with E-state index in [0.29, 0.717) is 11.5 Å². The van der Waals surface area contributed by atoms with Gasteiger partial charge in [-0.15, -0.1) is 35.2 Å². The minimum Gasteiger partial charge on any atom is -0.510 e. The maximum Gasteiger partial charge on any atom is 0.242 e. The van der Waals surface area contributed by atoms with Gasteiger partial charge < -0.3 is 18.4 Å². The molecule has 7 aromatic carbocycles. The molecule has 0 atom stereocenters. The van der Waals surface area contributed by atoms with Crippen LogP contribution in [0.5, 0.6) is 11.5 Å². The van der Waals surface area contributed by atoms with Crippen LogP contribution in [0.3, 0.4) is 0 Å². The van der Waals surface area contributed by atoms with E-state index >= 15 is 0 Å². The van der Waals surface area contributed by atoms with Crippen LogP contribution in [0.2, 0.25) is 0 Å². The number of rotatable bonds is 4. The maximum atomic E-state index is 6.99. The number of benzene rings is 7. The summed E-state index contributed by atoms with van der Waals surface area (Å²) in [5.74, 6) is 1.97. The Kier molecular flexibility index (Phi) is 10.4. The van der Waals surface area contributed by atoms with Gasteiger partial charge in [-0.3, -0.25) is 4.57 Å². The predicted molar refractivity (Wildman–Crippen MR) is 285 cm³/mol. The zero-order chi connectivity index (χ0) is 49.0. The molecule has 7 heteroatoms. The molecule has 1 spiro atoms. The summed E-state index contributed by atoms with van der Waals surface area (Å²) in [4.78, 5) is 4.93. The molecule has 12 rings (SSSR count). The Labute approximate surface area is 433 Å². The Morgan fingerprint density at radius 1 is 0.592 bits per heavy atom. The molecule has 0 saturated carbocycles. The fraction of sp³-hybridized carbons (Fsp3) is 0.281. The summed E-state index contributed by atoms with van der Waals surface area (Å²) in [6.45, 7) is 28.5. The van der Waals surface area contributed by atoms with Crippen molar-refractivity contribution >= 4 is 32.8 Å². The summed E-state index contributed by atoms with van der Waals surface area (Å²) >= 11 is 0. The Hall–Kier alpha value is -6.49. The summed E-state index contributed by atoms with van der Waals surface area (Å²) in [6, 6.07) is 52.1. The standard InChI is InChI=1S/C64H61N5O.Pt/c1-60(2,3)39-32-46-47-33-40(61(4,5)6)35-51(63(10,11)12)57(47)64(56(46)50(34-39)62(7,8)9)48-29-27-43(37-55(48)68-38-66(13)53-25-19-23-49(64)58(53)68)70-42-26-28-45-44-22-17-18-24-52(44)69(54(45)36-42)59-65-30-31-67(59)41-20-15-14-16-21-41;/h14-35H,1-13H3;/q-2;. The fourth-order valence-corrected chi connectivity index (χ4v) is 11.6. The molecule has 10 aromatic rings. The van der Waals surface area contributed by atoms with Crippen molar-refractivity contribution in [3.63, 3.8) is 0 Å². The topological polar surface area (TPSA) is 40.8 Å². The molecule has 0 N–H and O–H groups in total. The van der Waals surface area contributed by atoms with Gasteiger partial charge in [0.25, 0.3) is 0 Å². The van der Waals surface area contributed by atoms with E-state index in [1.54, 1.807) is 0 Å². The van der Waals surface area contributed by atoms with Crippen LogP contribution in [0.15, 0.2) is 134 Å². The summed E-state index contributed by atoms with van der Waals surface area (Å²) in [5.41, 5.74) is 18.2. The van der Waals surface area contributed by atoms with Crippen LogP contribution in [0.4, 0.5) is 0 Å². The van der Waals surface area contributed by atoms with Crippen LogP contribution in [-0.2, 0) is 55.2 Å².